The van der Waals surface area contributed by atoms with Gasteiger partial charge in [0.1, 0.15) is 0 Å². The molecule has 0 spiro atoms. The molecule has 4 nitrogen and oxygen atoms in total. The molecule has 2 rings (SSSR count). The molecule has 19 heavy (non-hydrogen) atoms. The Balaban J connectivity index is 1.95. The van der Waals surface area contributed by atoms with Crippen LogP contribution in [0.15, 0.2) is 18.2 Å². The maximum absolute atomic E-state index is 11.4. The van der Waals surface area contributed by atoms with Crippen LogP contribution < -0.4 is 5.73 Å². The van der Waals surface area contributed by atoms with Crippen molar-refractivity contribution in [2.24, 2.45) is 0 Å². The van der Waals surface area contributed by atoms with Gasteiger partial charge in [-0.15, -0.1) is 0 Å². The Morgan fingerprint density at radius 1 is 1.32 bits per heavy atom. The van der Waals surface area contributed by atoms with Crippen molar-refractivity contribution in [1.29, 1.82) is 0 Å². The second-order valence-electron chi connectivity index (χ2n) is 4.99. The molecule has 1 aliphatic heterocycles. The van der Waals surface area contributed by atoms with Gasteiger partial charge in [0, 0.05) is 39.6 Å². The minimum atomic E-state index is 0.164. The number of nitrogen functional groups attached to an aromatic ring is 1. The standard InChI is InChI=1S/C14H20ClN3O/c1-11(19)18-6-2-5-17(7-8-18)10-12-3-4-13(15)14(16)9-12/h3-4,9H,2,5-8,10,16H2,1H3. The van der Waals surface area contributed by atoms with Crippen molar-refractivity contribution >= 4 is 23.2 Å². The first-order valence-electron chi connectivity index (χ1n) is 6.58. The lowest BCUT2D eigenvalue weighted by atomic mass is 10.2. The summed E-state index contributed by atoms with van der Waals surface area (Å²) in [5.74, 6) is 0.164. The largest absolute Gasteiger partial charge is 0.398 e. The highest BCUT2D eigenvalue weighted by Crippen LogP contribution is 2.20. The van der Waals surface area contributed by atoms with Gasteiger partial charge in [-0.3, -0.25) is 9.69 Å². The van der Waals surface area contributed by atoms with Gasteiger partial charge >= 0.3 is 0 Å². The van der Waals surface area contributed by atoms with E-state index in [1.165, 1.54) is 0 Å². The van der Waals surface area contributed by atoms with E-state index in [9.17, 15) is 4.79 Å². The van der Waals surface area contributed by atoms with Gasteiger partial charge in [-0.2, -0.15) is 0 Å². The molecule has 1 saturated heterocycles. The lowest BCUT2D eigenvalue weighted by Crippen LogP contribution is -2.33. The van der Waals surface area contributed by atoms with E-state index in [2.05, 4.69) is 4.90 Å². The predicted molar refractivity (Wildman–Crippen MR) is 78.0 cm³/mol. The van der Waals surface area contributed by atoms with Gasteiger partial charge in [0.25, 0.3) is 0 Å². The molecule has 2 N–H and O–H groups in total. The van der Waals surface area contributed by atoms with Crippen molar-refractivity contribution in [3.63, 3.8) is 0 Å². The van der Waals surface area contributed by atoms with Crippen LogP contribution in [-0.2, 0) is 11.3 Å². The zero-order valence-corrected chi connectivity index (χ0v) is 12.0. The molecule has 0 aliphatic carbocycles. The third kappa shape index (κ3) is 3.85. The maximum Gasteiger partial charge on any atom is 0.219 e. The first-order valence-corrected chi connectivity index (χ1v) is 6.96. The van der Waals surface area contributed by atoms with Crippen LogP contribution in [0.3, 0.4) is 0 Å². The van der Waals surface area contributed by atoms with Gasteiger partial charge in [-0.1, -0.05) is 17.7 Å². The van der Waals surface area contributed by atoms with Gasteiger partial charge in [0.15, 0.2) is 0 Å². The Bertz CT molecular complexity index is 464. The fourth-order valence-electron chi connectivity index (χ4n) is 2.39. The summed E-state index contributed by atoms with van der Waals surface area (Å²) in [4.78, 5) is 15.6. The zero-order chi connectivity index (χ0) is 13.8. The van der Waals surface area contributed by atoms with Gasteiger partial charge < -0.3 is 10.6 Å². The predicted octanol–water partition coefficient (Wildman–Crippen LogP) is 1.98. The molecule has 0 unspecified atom stereocenters. The SMILES string of the molecule is CC(=O)N1CCCN(Cc2ccc(Cl)c(N)c2)CC1. The monoisotopic (exact) mass is 281 g/mol. The fraction of sp³-hybridized carbons (Fsp3) is 0.500. The minimum Gasteiger partial charge on any atom is -0.398 e. The maximum atomic E-state index is 11.4. The zero-order valence-electron chi connectivity index (χ0n) is 11.2. The van der Waals surface area contributed by atoms with E-state index in [-0.39, 0.29) is 5.91 Å². The van der Waals surface area contributed by atoms with Gasteiger partial charge in [0.05, 0.1) is 10.7 Å². The first-order chi connectivity index (χ1) is 9.06. The topological polar surface area (TPSA) is 49.6 Å². The second-order valence-corrected chi connectivity index (χ2v) is 5.40. The van der Waals surface area contributed by atoms with Gasteiger partial charge in [-0.05, 0) is 24.1 Å². The molecular formula is C14H20ClN3O. The lowest BCUT2D eigenvalue weighted by Gasteiger charge is -2.21. The molecule has 1 aliphatic rings. The number of rotatable bonds is 2. The minimum absolute atomic E-state index is 0.164. The third-order valence-corrected chi connectivity index (χ3v) is 3.84. The van der Waals surface area contributed by atoms with E-state index in [1.54, 1.807) is 6.92 Å². The van der Waals surface area contributed by atoms with Crippen LogP contribution in [0.4, 0.5) is 5.69 Å². The number of hydrogen-bond donors (Lipinski definition) is 1. The molecule has 0 saturated carbocycles. The van der Waals surface area contributed by atoms with E-state index in [0.717, 1.165) is 44.7 Å². The highest BCUT2D eigenvalue weighted by molar-refractivity contribution is 6.33. The molecule has 5 heteroatoms. The van der Waals surface area contributed by atoms with Crippen molar-refractivity contribution < 1.29 is 4.79 Å². The Hall–Kier alpha value is -1.26. The van der Waals surface area contributed by atoms with E-state index in [1.807, 2.05) is 23.1 Å². The van der Waals surface area contributed by atoms with Crippen molar-refractivity contribution in [2.45, 2.75) is 19.9 Å². The number of nitrogens with zero attached hydrogens (tertiary/aromatic N) is 2. The van der Waals surface area contributed by atoms with Crippen LogP contribution in [0.25, 0.3) is 0 Å². The summed E-state index contributed by atoms with van der Waals surface area (Å²) in [6.07, 6.45) is 1.02. The Morgan fingerprint density at radius 2 is 2.11 bits per heavy atom. The molecular weight excluding hydrogens is 262 g/mol. The number of carbonyl (C=O) groups excluding carboxylic acids is 1. The first kappa shape index (κ1) is 14.2. The van der Waals surface area contributed by atoms with Crippen molar-refractivity contribution in [3.8, 4) is 0 Å². The molecule has 1 fully saturated rings. The van der Waals surface area contributed by atoms with Gasteiger partial charge in [-0.25, -0.2) is 0 Å². The van der Waals surface area contributed by atoms with Crippen molar-refractivity contribution in [1.82, 2.24) is 9.80 Å². The number of nitrogens with two attached hydrogens (primary N) is 1. The molecule has 1 aromatic rings. The van der Waals surface area contributed by atoms with E-state index >= 15 is 0 Å². The van der Waals surface area contributed by atoms with Crippen LogP contribution >= 0.6 is 11.6 Å². The molecule has 0 bridgehead atoms. The summed E-state index contributed by atoms with van der Waals surface area (Å²) in [6.45, 7) is 6.06. The molecule has 0 radical (unpaired) electrons. The molecule has 1 amide bonds. The van der Waals surface area contributed by atoms with Gasteiger partial charge in [0.2, 0.25) is 5.91 Å². The number of anilines is 1. The number of amides is 1. The van der Waals surface area contributed by atoms with Crippen LogP contribution in [0.1, 0.15) is 18.9 Å². The van der Waals surface area contributed by atoms with E-state index in [0.29, 0.717) is 10.7 Å². The van der Waals surface area contributed by atoms with Crippen LogP contribution in [0, 0.1) is 0 Å². The fourth-order valence-corrected chi connectivity index (χ4v) is 2.51. The highest BCUT2D eigenvalue weighted by Gasteiger charge is 2.16. The summed E-state index contributed by atoms with van der Waals surface area (Å²) in [6, 6.07) is 5.77. The molecule has 1 aromatic carbocycles. The number of benzene rings is 1. The van der Waals surface area contributed by atoms with Crippen molar-refractivity contribution in [3.05, 3.63) is 28.8 Å². The number of carbonyl (C=O) groups is 1. The quantitative estimate of drug-likeness (QED) is 0.844. The average molecular weight is 282 g/mol. The Morgan fingerprint density at radius 3 is 2.79 bits per heavy atom. The summed E-state index contributed by atoms with van der Waals surface area (Å²) in [5, 5.41) is 0.599. The van der Waals surface area contributed by atoms with Crippen LogP contribution in [-0.4, -0.2) is 41.9 Å². The second kappa shape index (κ2) is 6.26. The summed E-state index contributed by atoms with van der Waals surface area (Å²) < 4.78 is 0. The molecule has 1 heterocycles. The highest BCUT2D eigenvalue weighted by atomic mass is 35.5. The van der Waals surface area contributed by atoms with E-state index in [4.69, 9.17) is 17.3 Å². The Kier molecular flexibility index (Phi) is 4.66. The normalized spacial score (nSPS) is 17.3. The van der Waals surface area contributed by atoms with Crippen LogP contribution in [0.2, 0.25) is 5.02 Å². The average Bonchev–Trinajstić information content (AvgIpc) is 2.59. The Labute approximate surface area is 119 Å². The summed E-state index contributed by atoms with van der Waals surface area (Å²) >= 11 is 5.92. The van der Waals surface area contributed by atoms with E-state index < -0.39 is 0 Å². The van der Waals surface area contributed by atoms with Crippen LogP contribution in [0.5, 0.6) is 0 Å². The smallest absolute Gasteiger partial charge is 0.219 e. The number of hydrogen-bond acceptors (Lipinski definition) is 3. The summed E-state index contributed by atoms with van der Waals surface area (Å²) in [7, 11) is 0. The lowest BCUT2D eigenvalue weighted by molar-refractivity contribution is -0.128. The molecule has 0 aromatic heterocycles. The molecule has 104 valence electrons. The van der Waals surface area contributed by atoms with Crippen molar-refractivity contribution in [2.75, 3.05) is 31.9 Å². The third-order valence-electron chi connectivity index (χ3n) is 3.50. The number of halogens is 1. The summed E-state index contributed by atoms with van der Waals surface area (Å²) in [5.41, 5.74) is 7.60. The molecule has 0 atom stereocenters.